The molecule has 0 aliphatic rings. The zero-order valence-electron chi connectivity index (χ0n) is 12.4. The Morgan fingerprint density at radius 1 is 1.09 bits per heavy atom. The van der Waals surface area contributed by atoms with Gasteiger partial charge in [0.25, 0.3) is 0 Å². The summed E-state index contributed by atoms with van der Waals surface area (Å²) in [6, 6.07) is 13.1. The Kier molecular flexibility index (Phi) is 9.42. The van der Waals surface area contributed by atoms with E-state index in [4.69, 9.17) is 5.73 Å². The third kappa shape index (κ3) is 6.02. The molecule has 1 unspecified atom stereocenters. The van der Waals surface area contributed by atoms with Crippen LogP contribution in [0.3, 0.4) is 0 Å². The normalized spacial score (nSPS) is 10.8. The van der Waals surface area contributed by atoms with Crippen LogP contribution in [0, 0.1) is 0 Å². The minimum atomic E-state index is -0.510. The average Bonchev–Trinajstić information content (AvgIpc) is 2.48. The van der Waals surface area contributed by atoms with Gasteiger partial charge in [-0.1, -0.05) is 30.3 Å². The maximum absolute atomic E-state index is 12.2. The summed E-state index contributed by atoms with van der Waals surface area (Å²) in [7, 11) is 1.77. The first kappa shape index (κ1) is 20.4. The summed E-state index contributed by atoms with van der Waals surface area (Å²) in [6.45, 7) is 0.545. The Bertz CT molecular complexity index is 502. The highest BCUT2D eigenvalue weighted by Crippen LogP contribution is 2.06. The fraction of sp³-hybridized carbons (Fsp3) is 0.250. The third-order valence-corrected chi connectivity index (χ3v) is 3.16. The summed E-state index contributed by atoms with van der Waals surface area (Å²) >= 11 is 0. The SMILES string of the molecule is CN(Cc1ccncc1)C(=O)C(N)Cc1ccccc1.Cl.Cl. The zero-order chi connectivity index (χ0) is 14.4. The number of pyridine rings is 1. The molecule has 0 saturated carbocycles. The van der Waals surface area contributed by atoms with Crippen molar-refractivity contribution < 1.29 is 4.79 Å². The Labute approximate surface area is 143 Å². The lowest BCUT2D eigenvalue weighted by atomic mass is 10.1. The second kappa shape index (κ2) is 10.2. The van der Waals surface area contributed by atoms with Crippen molar-refractivity contribution in [3.8, 4) is 0 Å². The number of likely N-dealkylation sites (N-methyl/N-ethyl adjacent to an activating group) is 1. The van der Waals surface area contributed by atoms with Crippen LogP contribution in [-0.4, -0.2) is 28.9 Å². The lowest BCUT2D eigenvalue weighted by molar-refractivity contribution is -0.131. The van der Waals surface area contributed by atoms with Crippen molar-refractivity contribution in [2.24, 2.45) is 5.73 Å². The Morgan fingerprint density at radius 3 is 2.27 bits per heavy atom. The molecule has 0 bridgehead atoms. The van der Waals surface area contributed by atoms with E-state index in [1.165, 1.54) is 0 Å². The molecule has 0 saturated heterocycles. The number of benzene rings is 1. The summed E-state index contributed by atoms with van der Waals surface area (Å²) in [4.78, 5) is 17.9. The molecule has 1 heterocycles. The van der Waals surface area contributed by atoms with Gasteiger partial charge in [-0.25, -0.2) is 0 Å². The van der Waals surface area contributed by atoms with Crippen molar-refractivity contribution in [3.05, 3.63) is 66.0 Å². The van der Waals surface area contributed by atoms with E-state index in [1.807, 2.05) is 42.5 Å². The molecule has 0 aliphatic heterocycles. The topological polar surface area (TPSA) is 59.2 Å². The van der Waals surface area contributed by atoms with Gasteiger partial charge in [-0.05, 0) is 29.7 Å². The molecule has 1 aromatic carbocycles. The summed E-state index contributed by atoms with van der Waals surface area (Å²) < 4.78 is 0. The molecule has 6 heteroatoms. The van der Waals surface area contributed by atoms with Gasteiger partial charge in [0.1, 0.15) is 0 Å². The van der Waals surface area contributed by atoms with Crippen molar-refractivity contribution in [2.45, 2.75) is 19.0 Å². The van der Waals surface area contributed by atoms with Gasteiger partial charge in [0.2, 0.25) is 5.91 Å². The van der Waals surface area contributed by atoms with Crippen molar-refractivity contribution in [1.82, 2.24) is 9.88 Å². The number of aromatic nitrogens is 1. The van der Waals surface area contributed by atoms with Gasteiger partial charge in [-0.15, -0.1) is 24.8 Å². The van der Waals surface area contributed by atoms with Gasteiger partial charge in [0, 0.05) is 26.0 Å². The van der Waals surface area contributed by atoms with Crippen molar-refractivity contribution in [3.63, 3.8) is 0 Å². The van der Waals surface area contributed by atoms with E-state index in [1.54, 1.807) is 24.3 Å². The van der Waals surface area contributed by atoms with Crippen LogP contribution in [0.1, 0.15) is 11.1 Å². The first-order valence-corrected chi connectivity index (χ1v) is 6.60. The van der Waals surface area contributed by atoms with Crippen molar-refractivity contribution >= 4 is 30.7 Å². The third-order valence-electron chi connectivity index (χ3n) is 3.16. The molecule has 1 atom stereocenters. The molecule has 1 amide bonds. The maximum Gasteiger partial charge on any atom is 0.239 e. The van der Waals surface area contributed by atoms with Crippen LogP contribution in [0.25, 0.3) is 0 Å². The highest BCUT2D eigenvalue weighted by Gasteiger charge is 2.18. The predicted octanol–water partition coefficient (Wildman–Crippen LogP) is 2.45. The molecule has 0 spiro atoms. The lowest BCUT2D eigenvalue weighted by Crippen LogP contribution is -2.42. The number of carbonyl (C=O) groups excluding carboxylic acids is 1. The maximum atomic E-state index is 12.2. The summed E-state index contributed by atoms with van der Waals surface area (Å²) in [6.07, 6.45) is 4.00. The number of nitrogens with two attached hydrogens (primary N) is 1. The van der Waals surface area contributed by atoms with Gasteiger partial charge in [0.05, 0.1) is 6.04 Å². The predicted molar refractivity (Wildman–Crippen MR) is 93.3 cm³/mol. The summed E-state index contributed by atoms with van der Waals surface area (Å²) in [5, 5.41) is 0. The molecular weight excluding hydrogens is 321 g/mol. The van der Waals surface area contributed by atoms with Crippen LogP contribution in [-0.2, 0) is 17.8 Å². The highest BCUT2D eigenvalue weighted by atomic mass is 35.5. The molecule has 0 radical (unpaired) electrons. The van der Waals surface area contributed by atoms with Crippen molar-refractivity contribution in [2.75, 3.05) is 7.05 Å². The van der Waals surface area contributed by atoms with Gasteiger partial charge < -0.3 is 10.6 Å². The van der Waals surface area contributed by atoms with E-state index in [0.717, 1.165) is 11.1 Å². The van der Waals surface area contributed by atoms with Crippen LogP contribution in [0.5, 0.6) is 0 Å². The number of halogens is 2. The van der Waals surface area contributed by atoms with Gasteiger partial charge in [-0.2, -0.15) is 0 Å². The molecule has 2 aromatic rings. The molecule has 0 aliphatic carbocycles. The Hall–Kier alpha value is -1.62. The summed E-state index contributed by atoms with van der Waals surface area (Å²) in [5.41, 5.74) is 8.12. The van der Waals surface area contributed by atoms with E-state index < -0.39 is 6.04 Å². The van der Waals surface area contributed by atoms with Crippen molar-refractivity contribution in [1.29, 1.82) is 0 Å². The average molecular weight is 342 g/mol. The first-order valence-electron chi connectivity index (χ1n) is 6.60. The fourth-order valence-electron chi connectivity index (χ4n) is 2.08. The smallest absolute Gasteiger partial charge is 0.239 e. The van der Waals surface area contributed by atoms with Gasteiger partial charge >= 0.3 is 0 Å². The standard InChI is InChI=1S/C16H19N3O.2ClH/c1-19(12-14-7-9-18-10-8-14)16(20)15(17)11-13-5-3-2-4-6-13;;/h2-10,15H,11-12,17H2,1H3;2*1H. The number of nitrogens with zero attached hydrogens (tertiary/aromatic N) is 2. The van der Waals surface area contributed by atoms with E-state index in [-0.39, 0.29) is 30.7 Å². The quantitative estimate of drug-likeness (QED) is 0.908. The first-order chi connectivity index (χ1) is 9.66. The molecule has 1 aromatic heterocycles. The summed E-state index contributed by atoms with van der Waals surface area (Å²) in [5.74, 6) is -0.0503. The molecule has 2 N–H and O–H groups in total. The highest BCUT2D eigenvalue weighted by molar-refractivity contribution is 5.85. The second-order valence-electron chi connectivity index (χ2n) is 4.85. The van der Waals surface area contributed by atoms with Crippen LogP contribution < -0.4 is 5.73 Å². The molecule has 22 heavy (non-hydrogen) atoms. The monoisotopic (exact) mass is 341 g/mol. The minimum absolute atomic E-state index is 0. The Balaban J connectivity index is 0.00000220. The van der Waals surface area contributed by atoms with Gasteiger partial charge in [0.15, 0.2) is 0 Å². The van der Waals surface area contributed by atoms with E-state index in [0.29, 0.717) is 13.0 Å². The molecule has 4 nitrogen and oxygen atoms in total. The van der Waals surface area contributed by atoms with Crippen LogP contribution in [0.15, 0.2) is 54.9 Å². The number of hydrogen-bond donors (Lipinski definition) is 1. The molecule has 2 rings (SSSR count). The van der Waals surface area contributed by atoms with E-state index in [2.05, 4.69) is 4.98 Å². The lowest BCUT2D eigenvalue weighted by Gasteiger charge is -2.21. The van der Waals surface area contributed by atoms with Crippen LogP contribution in [0.2, 0.25) is 0 Å². The second-order valence-corrected chi connectivity index (χ2v) is 4.85. The van der Waals surface area contributed by atoms with E-state index >= 15 is 0 Å². The number of amides is 1. The Morgan fingerprint density at radius 2 is 1.68 bits per heavy atom. The number of rotatable bonds is 5. The van der Waals surface area contributed by atoms with Crippen LogP contribution in [0.4, 0.5) is 0 Å². The molecule has 120 valence electrons. The molecule has 0 fully saturated rings. The fourth-order valence-corrected chi connectivity index (χ4v) is 2.08. The molecular formula is C16H21Cl2N3O. The van der Waals surface area contributed by atoms with E-state index in [9.17, 15) is 4.79 Å². The largest absolute Gasteiger partial charge is 0.340 e. The number of hydrogen-bond acceptors (Lipinski definition) is 3. The zero-order valence-corrected chi connectivity index (χ0v) is 14.0. The van der Waals surface area contributed by atoms with Crippen LogP contribution >= 0.6 is 24.8 Å². The van der Waals surface area contributed by atoms with Gasteiger partial charge in [-0.3, -0.25) is 9.78 Å². The minimum Gasteiger partial charge on any atom is -0.340 e. The number of carbonyl (C=O) groups is 1.